The molecule has 0 amide bonds. The van der Waals surface area contributed by atoms with Crippen molar-refractivity contribution in [2.24, 2.45) is 0 Å². The van der Waals surface area contributed by atoms with Gasteiger partial charge in [0.2, 0.25) is 0 Å². The monoisotopic (exact) mass is 411 g/mol. The molecule has 2 rings (SSSR count). The molecule has 27 heavy (non-hydrogen) atoms. The first-order valence-corrected chi connectivity index (χ1v) is 9.05. The largest absolute Gasteiger partial charge is 0.466 e. The number of hydrogen-bond donors (Lipinski definition) is 0. The lowest BCUT2D eigenvalue weighted by Gasteiger charge is -2.20. The summed E-state index contributed by atoms with van der Waals surface area (Å²) in [5, 5.41) is 0.615. The Balaban J connectivity index is 2.80. The number of methoxy groups -OCH3 is 1. The first-order valence-electron chi connectivity index (χ1n) is 8.30. The normalized spacial score (nSPS) is 10.6. The van der Waals surface area contributed by atoms with Crippen LogP contribution >= 0.6 is 23.2 Å². The number of pyridine rings is 1. The summed E-state index contributed by atoms with van der Waals surface area (Å²) in [5.41, 5.74) is 0.566. The van der Waals surface area contributed by atoms with Gasteiger partial charge < -0.3 is 14.0 Å². The molecular weight excluding hydrogens is 393 g/mol. The predicted octanol–water partition coefficient (Wildman–Crippen LogP) is 3.73. The molecule has 0 atom stereocenters. The van der Waals surface area contributed by atoms with E-state index < -0.39 is 17.4 Å². The van der Waals surface area contributed by atoms with Gasteiger partial charge in [-0.25, -0.2) is 4.79 Å². The SMILES string of the molecule is CCOC(=O)Cc1cc(=O)c(C(=O)OC)c(-c2ccc(Cl)c(Cl)c2)n1CC. The van der Waals surface area contributed by atoms with Crippen molar-refractivity contribution in [2.45, 2.75) is 26.8 Å². The van der Waals surface area contributed by atoms with E-state index in [9.17, 15) is 14.4 Å². The Bertz CT molecular complexity index is 936. The molecule has 1 aromatic heterocycles. The van der Waals surface area contributed by atoms with Gasteiger partial charge in [-0.05, 0) is 26.0 Å². The van der Waals surface area contributed by atoms with Crippen molar-refractivity contribution in [1.29, 1.82) is 0 Å². The van der Waals surface area contributed by atoms with Crippen molar-refractivity contribution in [1.82, 2.24) is 4.57 Å². The molecule has 0 spiro atoms. The van der Waals surface area contributed by atoms with Gasteiger partial charge in [0.05, 0.1) is 35.9 Å². The maximum absolute atomic E-state index is 12.7. The van der Waals surface area contributed by atoms with E-state index >= 15 is 0 Å². The number of esters is 2. The summed E-state index contributed by atoms with van der Waals surface area (Å²) in [6, 6.07) is 6.04. The van der Waals surface area contributed by atoms with Crippen molar-refractivity contribution in [3.63, 3.8) is 0 Å². The number of hydrogen-bond acceptors (Lipinski definition) is 5. The number of carbonyl (C=O) groups excluding carboxylic acids is 2. The molecule has 6 nitrogen and oxygen atoms in total. The number of halogens is 2. The Hall–Kier alpha value is -2.31. The average molecular weight is 412 g/mol. The van der Waals surface area contributed by atoms with Gasteiger partial charge in [-0.3, -0.25) is 9.59 Å². The van der Waals surface area contributed by atoms with Crippen LogP contribution in [0.1, 0.15) is 29.9 Å². The molecule has 8 heteroatoms. The molecular formula is C19H19Cl2NO5. The molecule has 1 aromatic carbocycles. The Morgan fingerprint density at radius 3 is 2.37 bits per heavy atom. The van der Waals surface area contributed by atoms with E-state index in [-0.39, 0.29) is 23.6 Å². The number of nitrogens with zero attached hydrogens (tertiary/aromatic N) is 1. The Morgan fingerprint density at radius 2 is 1.81 bits per heavy atom. The van der Waals surface area contributed by atoms with Crippen molar-refractivity contribution < 1.29 is 19.1 Å². The third-order valence-electron chi connectivity index (χ3n) is 3.93. The zero-order valence-electron chi connectivity index (χ0n) is 15.2. The number of aromatic nitrogens is 1. The van der Waals surface area contributed by atoms with Gasteiger partial charge in [0.15, 0.2) is 5.43 Å². The van der Waals surface area contributed by atoms with Gasteiger partial charge >= 0.3 is 11.9 Å². The average Bonchev–Trinajstić information content (AvgIpc) is 2.63. The third-order valence-corrected chi connectivity index (χ3v) is 4.67. The fourth-order valence-electron chi connectivity index (χ4n) is 2.81. The molecule has 1 heterocycles. The van der Waals surface area contributed by atoms with Gasteiger partial charge in [-0.1, -0.05) is 29.3 Å². The highest BCUT2D eigenvalue weighted by Crippen LogP contribution is 2.31. The van der Waals surface area contributed by atoms with E-state index in [1.807, 2.05) is 6.92 Å². The molecule has 144 valence electrons. The van der Waals surface area contributed by atoms with Crippen LogP contribution in [-0.4, -0.2) is 30.2 Å². The zero-order chi connectivity index (χ0) is 20.1. The van der Waals surface area contributed by atoms with Crippen LogP contribution in [-0.2, 0) is 27.2 Å². The first-order chi connectivity index (χ1) is 12.8. The molecule has 0 unspecified atom stereocenters. The van der Waals surface area contributed by atoms with E-state index in [0.29, 0.717) is 28.5 Å². The number of rotatable bonds is 6. The minimum atomic E-state index is -0.772. The maximum Gasteiger partial charge on any atom is 0.344 e. The third kappa shape index (κ3) is 4.51. The van der Waals surface area contributed by atoms with Crippen LogP contribution in [0.15, 0.2) is 29.1 Å². The smallest absolute Gasteiger partial charge is 0.344 e. The molecule has 0 N–H and O–H groups in total. The Morgan fingerprint density at radius 1 is 1.11 bits per heavy atom. The number of benzene rings is 1. The highest BCUT2D eigenvalue weighted by Gasteiger charge is 2.24. The molecule has 0 radical (unpaired) electrons. The molecule has 0 saturated heterocycles. The summed E-state index contributed by atoms with van der Waals surface area (Å²) in [6.07, 6.45) is -0.104. The van der Waals surface area contributed by atoms with Gasteiger partial charge in [0.1, 0.15) is 5.56 Å². The fraction of sp³-hybridized carbons (Fsp3) is 0.316. The van der Waals surface area contributed by atoms with E-state index in [2.05, 4.69) is 0 Å². The molecule has 0 aliphatic rings. The van der Waals surface area contributed by atoms with Crippen LogP contribution in [0.4, 0.5) is 0 Å². The number of ether oxygens (including phenoxy) is 2. The standard InChI is InChI=1S/C19H19Cl2NO5/c1-4-22-12(10-16(24)27-5-2)9-15(23)17(19(25)26-3)18(22)11-6-7-13(20)14(21)8-11/h6-9H,4-5,10H2,1-3H3. The highest BCUT2D eigenvalue weighted by molar-refractivity contribution is 6.42. The second-order valence-corrected chi connectivity index (χ2v) is 6.38. The fourth-order valence-corrected chi connectivity index (χ4v) is 3.11. The second kappa shape index (κ2) is 9.06. The predicted molar refractivity (Wildman–Crippen MR) is 104 cm³/mol. The van der Waals surface area contributed by atoms with Crippen LogP contribution < -0.4 is 5.43 Å². The zero-order valence-corrected chi connectivity index (χ0v) is 16.7. The van der Waals surface area contributed by atoms with Crippen LogP contribution in [0.5, 0.6) is 0 Å². The van der Waals surface area contributed by atoms with Crippen molar-refractivity contribution >= 4 is 35.1 Å². The van der Waals surface area contributed by atoms with Gasteiger partial charge in [0, 0.05) is 23.9 Å². The molecule has 0 saturated carbocycles. The van der Waals surface area contributed by atoms with Crippen molar-refractivity contribution in [2.75, 3.05) is 13.7 Å². The minimum Gasteiger partial charge on any atom is -0.466 e. The lowest BCUT2D eigenvalue weighted by Crippen LogP contribution is -2.25. The molecule has 2 aromatic rings. The van der Waals surface area contributed by atoms with Crippen molar-refractivity contribution in [3.8, 4) is 11.3 Å². The van der Waals surface area contributed by atoms with E-state index in [4.69, 9.17) is 32.7 Å². The quantitative estimate of drug-likeness (QED) is 0.676. The van der Waals surface area contributed by atoms with E-state index in [0.717, 1.165) is 0 Å². The lowest BCUT2D eigenvalue weighted by molar-refractivity contribution is -0.142. The van der Waals surface area contributed by atoms with Crippen molar-refractivity contribution in [3.05, 3.63) is 55.8 Å². The summed E-state index contributed by atoms with van der Waals surface area (Å²) in [5.74, 6) is -1.24. The molecule has 0 fully saturated rings. The maximum atomic E-state index is 12.7. The summed E-state index contributed by atoms with van der Waals surface area (Å²) < 4.78 is 11.5. The van der Waals surface area contributed by atoms with E-state index in [1.54, 1.807) is 29.7 Å². The summed E-state index contributed by atoms with van der Waals surface area (Å²) >= 11 is 12.1. The summed E-state index contributed by atoms with van der Waals surface area (Å²) in [7, 11) is 1.20. The molecule has 0 bridgehead atoms. The molecule has 0 aliphatic carbocycles. The number of carbonyl (C=O) groups is 2. The van der Waals surface area contributed by atoms with E-state index in [1.165, 1.54) is 13.2 Å². The minimum absolute atomic E-state index is 0.104. The van der Waals surface area contributed by atoms with Gasteiger partial charge in [0.25, 0.3) is 0 Å². The second-order valence-electron chi connectivity index (χ2n) is 5.57. The Labute approximate surface area is 166 Å². The van der Waals surface area contributed by atoms with Crippen LogP contribution in [0.3, 0.4) is 0 Å². The molecule has 0 aliphatic heterocycles. The van der Waals surface area contributed by atoms with Gasteiger partial charge in [-0.15, -0.1) is 0 Å². The summed E-state index contributed by atoms with van der Waals surface area (Å²) in [6.45, 7) is 4.16. The van der Waals surface area contributed by atoms with Crippen LogP contribution in [0.2, 0.25) is 10.0 Å². The summed E-state index contributed by atoms with van der Waals surface area (Å²) in [4.78, 5) is 36.9. The Kier molecular flexibility index (Phi) is 7.05. The highest BCUT2D eigenvalue weighted by atomic mass is 35.5. The van der Waals surface area contributed by atoms with Crippen LogP contribution in [0.25, 0.3) is 11.3 Å². The van der Waals surface area contributed by atoms with Crippen LogP contribution in [0, 0.1) is 0 Å². The topological polar surface area (TPSA) is 74.6 Å². The first kappa shape index (κ1) is 21.0. The van der Waals surface area contributed by atoms with Gasteiger partial charge in [-0.2, -0.15) is 0 Å². The lowest BCUT2D eigenvalue weighted by atomic mass is 10.0.